The summed E-state index contributed by atoms with van der Waals surface area (Å²) in [6, 6.07) is 8.76. The van der Waals surface area contributed by atoms with Crippen LogP contribution < -0.4 is 15.6 Å². The Balaban J connectivity index is 1.99. The lowest BCUT2D eigenvalue weighted by molar-refractivity contribution is 0.0849. The summed E-state index contributed by atoms with van der Waals surface area (Å²) in [5.74, 6) is -0.956. The number of thiophene rings is 1. The summed E-state index contributed by atoms with van der Waals surface area (Å²) < 4.78 is 25.9. The molecule has 1 heterocycles. The van der Waals surface area contributed by atoms with Gasteiger partial charge in [0.1, 0.15) is 0 Å². The van der Waals surface area contributed by atoms with E-state index in [9.17, 15) is 18.0 Å². The largest absolute Gasteiger partial charge is 0.279 e. The summed E-state index contributed by atoms with van der Waals surface area (Å²) in [5.41, 5.74) is 4.79. The maximum Gasteiger partial charge on any atom is 0.279 e. The predicted octanol–water partition coefficient (Wildman–Crippen LogP) is 1.12. The Kier molecular flexibility index (Phi) is 5.48. The molecule has 0 spiro atoms. The zero-order chi connectivity index (χ0) is 16.9. The van der Waals surface area contributed by atoms with Gasteiger partial charge in [-0.2, -0.15) is 0 Å². The fourth-order valence-electron chi connectivity index (χ4n) is 1.71. The van der Waals surface area contributed by atoms with Crippen LogP contribution in [0.25, 0.3) is 0 Å². The van der Waals surface area contributed by atoms with Crippen molar-refractivity contribution in [2.75, 3.05) is 6.54 Å². The van der Waals surface area contributed by atoms with E-state index in [-0.39, 0.29) is 17.0 Å². The fourth-order valence-corrected chi connectivity index (χ4v) is 3.37. The summed E-state index contributed by atoms with van der Waals surface area (Å²) >= 11 is 1.25. The number of carbonyl (C=O) groups excluding carboxylic acids is 2. The Morgan fingerprint density at radius 1 is 1.04 bits per heavy atom. The van der Waals surface area contributed by atoms with Crippen molar-refractivity contribution in [1.82, 2.24) is 15.6 Å². The zero-order valence-corrected chi connectivity index (χ0v) is 13.8. The molecule has 0 fully saturated rings. The van der Waals surface area contributed by atoms with Gasteiger partial charge >= 0.3 is 0 Å². The molecule has 3 N–H and O–H groups in total. The van der Waals surface area contributed by atoms with E-state index in [4.69, 9.17) is 0 Å². The average Bonchev–Trinajstić information content (AvgIpc) is 3.07. The number of carbonyl (C=O) groups is 2. The van der Waals surface area contributed by atoms with Crippen LogP contribution in [0.15, 0.2) is 46.7 Å². The molecule has 1 aromatic heterocycles. The molecule has 23 heavy (non-hydrogen) atoms. The highest BCUT2D eigenvalue weighted by atomic mass is 32.2. The lowest BCUT2D eigenvalue weighted by Crippen LogP contribution is -2.41. The summed E-state index contributed by atoms with van der Waals surface area (Å²) in [6.07, 6.45) is 0. The van der Waals surface area contributed by atoms with E-state index < -0.39 is 21.8 Å². The van der Waals surface area contributed by atoms with Gasteiger partial charge in [-0.1, -0.05) is 13.0 Å². The van der Waals surface area contributed by atoms with Crippen molar-refractivity contribution < 1.29 is 18.0 Å². The van der Waals surface area contributed by atoms with E-state index in [1.54, 1.807) is 24.4 Å². The molecule has 1 aromatic carbocycles. The molecule has 0 bridgehead atoms. The molecule has 0 saturated carbocycles. The van der Waals surface area contributed by atoms with Crippen LogP contribution in [0.2, 0.25) is 0 Å². The Bertz CT molecular complexity index is 784. The van der Waals surface area contributed by atoms with Crippen LogP contribution >= 0.6 is 11.3 Å². The van der Waals surface area contributed by atoms with Crippen LogP contribution in [-0.2, 0) is 10.0 Å². The molecule has 7 nitrogen and oxygen atoms in total. The molecule has 0 aliphatic carbocycles. The van der Waals surface area contributed by atoms with Crippen molar-refractivity contribution in [3.63, 3.8) is 0 Å². The van der Waals surface area contributed by atoms with E-state index in [0.717, 1.165) is 0 Å². The van der Waals surface area contributed by atoms with Crippen molar-refractivity contribution in [1.29, 1.82) is 0 Å². The minimum absolute atomic E-state index is 0.0681. The first-order valence-corrected chi connectivity index (χ1v) is 9.04. The molecule has 0 aliphatic heterocycles. The van der Waals surface area contributed by atoms with Crippen molar-refractivity contribution in [3.05, 3.63) is 52.2 Å². The van der Waals surface area contributed by atoms with E-state index in [0.29, 0.717) is 4.88 Å². The summed E-state index contributed by atoms with van der Waals surface area (Å²) in [6.45, 7) is 1.95. The first-order valence-electron chi connectivity index (χ1n) is 6.68. The second-order valence-corrected chi connectivity index (χ2v) is 7.13. The Labute approximate surface area is 137 Å². The van der Waals surface area contributed by atoms with Crippen molar-refractivity contribution in [2.24, 2.45) is 0 Å². The standard InChI is InChI=1S/C14H15N3O4S2/c1-2-15-23(20,21)11-7-5-10(6-8-11)13(18)16-17-14(19)12-4-3-9-22-12/h3-9,15H,2H2,1H3,(H,16,18)(H,17,19). The molecule has 2 aromatic rings. The summed E-state index contributed by atoms with van der Waals surface area (Å²) in [7, 11) is -3.56. The van der Waals surface area contributed by atoms with Gasteiger partial charge in [-0.15, -0.1) is 11.3 Å². The van der Waals surface area contributed by atoms with Gasteiger partial charge in [-0.3, -0.25) is 20.4 Å². The SMILES string of the molecule is CCNS(=O)(=O)c1ccc(C(=O)NNC(=O)c2cccs2)cc1. The number of hydrazine groups is 1. The molecular formula is C14H15N3O4S2. The number of hydrogen-bond acceptors (Lipinski definition) is 5. The molecule has 0 atom stereocenters. The van der Waals surface area contributed by atoms with Crippen molar-refractivity contribution in [2.45, 2.75) is 11.8 Å². The molecule has 0 saturated heterocycles. The van der Waals surface area contributed by atoms with Crippen LogP contribution in [0.3, 0.4) is 0 Å². The lowest BCUT2D eigenvalue weighted by Gasteiger charge is -2.08. The third-order valence-electron chi connectivity index (χ3n) is 2.80. The van der Waals surface area contributed by atoms with Gasteiger partial charge in [0.15, 0.2) is 0 Å². The quantitative estimate of drug-likeness (QED) is 0.701. The minimum Gasteiger partial charge on any atom is -0.267 e. The molecule has 122 valence electrons. The van der Waals surface area contributed by atoms with Crippen LogP contribution in [0, 0.1) is 0 Å². The molecule has 9 heteroatoms. The smallest absolute Gasteiger partial charge is 0.267 e. The third kappa shape index (κ3) is 4.38. The molecule has 2 amide bonds. The van der Waals surface area contributed by atoms with Gasteiger partial charge in [-0.05, 0) is 35.7 Å². The molecule has 0 radical (unpaired) electrons. The topological polar surface area (TPSA) is 104 Å². The van der Waals surface area contributed by atoms with Gasteiger partial charge < -0.3 is 0 Å². The maximum atomic E-state index is 11.9. The summed E-state index contributed by atoms with van der Waals surface area (Å²) in [4.78, 5) is 24.2. The number of sulfonamides is 1. The first kappa shape index (κ1) is 17.1. The van der Waals surface area contributed by atoms with Gasteiger partial charge in [-0.25, -0.2) is 13.1 Å². The Morgan fingerprint density at radius 2 is 1.70 bits per heavy atom. The molecule has 0 aliphatic rings. The van der Waals surface area contributed by atoms with Gasteiger partial charge in [0.05, 0.1) is 9.77 Å². The number of nitrogens with one attached hydrogen (secondary N) is 3. The Hall–Kier alpha value is -2.23. The highest BCUT2D eigenvalue weighted by molar-refractivity contribution is 7.89. The lowest BCUT2D eigenvalue weighted by atomic mass is 10.2. The maximum absolute atomic E-state index is 11.9. The number of amides is 2. The average molecular weight is 353 g/mol. The van der Waals surface area contributed by atoms with Gasteiger partial charge in [0, 0.05) is 12.1 Å². The highest BCUT2D eigenvalue weighted by Gasteiger charge is 2.14. The first-order chi connectivity index (χ1) is 10.9. The molecule has 2 rings (SSSR count). The molecule has 0 unspecified atom stereocenters. The number of rotatable bonds is 5. The second-order valence-electron chi connectivity index (χ2n) is 4.41. The van der Waals surface area contributed by atoms with Crippen LogP contribution in [0.5, 0.6) is 0 Å². The van der Waals surface area contributed by atoms with Crippen LogP contribution in [-0.4, -0.2) is 26.8 Å². The van der Waals surface area contributed by atoms with Crippen LogP contribution in [0.4, 0.5) is 0 Å². The van der Waals surface area contributed by atoms with Gasteiger partial charge in [0.25, 0.3) is 11.8 Å². The van der Waals surface area contributed by atoms with Gasteiger partial charge in [0.2, 0.25) is 10.0 Å². The predicted molar refractivity (Wildman–Crippen MR) is 86.6 cm³/mol. The highest BCUT2D eigenvalue weighted by Crippen LogP contribution is 2.10. The van der Waals surface area contributed by atoms with E-state index >= 15 is 0 Å². The summed E-state index contributed by atoms with van der Waals surface area (Å²) in [5, 5.41) is 1.75. The number of hydrogen-bond donors (Lipinski definition) is 3. The van der Waals surface area contributed by atoms with E-state index in [1.165, 1.54) is 35.6 Å². The van der Waals surface area contributed by atoms with E-state index in [1.807, 2.05) is 0 Å². The molecular weight excluding hydrogens is 338 g/mol. The zero-order valence-electron chi connectivity index (χ0n) is 12.2. The normalized spacial score (nSPS) is 11.0. The Morgan fingerprint density at radius 3 is 2.26 bits per heavy atom. The second kappa shape index (κ2) is 7.36. The van der Waals surface area contributed by atoms with Crippen LogP contribution in [0.1, 0.15) is 27.0 Å². The third-order valence-corrected chi connectivity index (χ3v) is 5.23. The van der Waals surface area contributed by atoms with Crippen molar-refractivity contribution in [3.8, 4) is 0 Å². The number of benzene rings is 1. The monoisotopic (exact) mass is 353 g/mol. The van der Waals surface area contributed by atoms with Crippen molar-refractivity contribution >= 4 is 33.2 Å². The van der Waals surface area contributed by atoms with E-state index in [2.05, 4.69) is 15.6 Å². The minimum atomic E-state index is -3.56. The fraction of sp³-hybridized carbons (Fsp3) is 0.143.